The van der Waals surface area contributed by atoms with Crippen LogP contribution in [0.15, 0.2) is 23.7 Å². The lowest BCUT2D eigenvalue weighted by Gasteiger charge is -2.32. The lowest BCUT2D eigenvalue weighted by Crippen LogP contribution is -2.41. The van der Waals surface area contributed by atoms with Crippen molar-refractivity contribution in [2.24, 2.45) is 0 Å². The number of hydrogen-bond acceptors (Lipinski definition) is 4. The largest absolute Gasteiger partial charge is 0.492 e. The fourth-order valence-corrected chi connectivity index (χ4v) is 2.36. The molecule has 1 heterocycles. The first-order chi connectivity index (χ1) is 11.6. The summed E-state index contributed by atoms with van der Waals surface area (Å²) in [5.41, 5.74) is 0.0424. The maximum Gasteiger partial charge on any atom is 0.492 e. The van der Waals surface area contributed by atoms with Crippen molar-refractivity contribution in [1.82, 2.24) is 5.32 Å². The number of carbonyl (C=O) groups is 2. The molecule has 1 N–H and O–H groups in total. The second-order valence-electron chi connectivity index (χ2n) is 7.12. The van der Waals surface area contributed by atoms with E-state index in [1.54, 1.807) is 6.08 Å². The molecule has 0 unspecified atom stereocenters. The molecule has 25 heavy (non-hydrogen) atoms. The summed E-state index contributed by atoms with van der Waals surface area (Å²) in [6.07, 6.45) is 2.17. The Kier molecular flexibility index (Phi) is 5.49. The predicted octanol–water partition coefficient (Wildman–Crippen LogP) is 2.79. The van der Waals surface area contributed by atoms with Crippen LogP contribution in [-0.2, 0) is 14.1 Å². The van der Waals surface area contributed by atoms with Gasteiger partial charge in [-0.3, -0.25) is 9.59 Å². The standard InChI is InChI=1S/C18H23BFNO4/c1-12(23)21-10-15(19-24-17(2,3)18(4,5)25-19)9-14-7-6-13(11-22)8-16(14)20/h6-9,11H,10H2,1-5H3,(H,21,23). The van der Waals surface area contributed by atoms with Crippen LogP contribution in [0.2, 0.25) is 0 Å². The minimum absolute atomic E-state index is 0.168. The summed E-state index contributed by atoms with van der Waals surface area (Å²) in [6.45, 7) is 9.25. The first-order valence-electron chi connectivity index (χ1n) is 8.11. The minimum atomic E-state index is -0.706. The highest BCUT2D eigenvalue weighted by Gasteiger charge is 2.52. The molecule has 0 aliphatic carbocycles. The number of halogens is 1. The van der Waals surface area contributed by atoms with Crippen LogP contribution in [0.25, 0.3) is 6.08 Å². The van der Waals surface area contributed by atoms with Gasteiger partial charge in [-0.05, 0) is 39.2 Å². The molecule has 2 rings (SSSR count). The average Bonchev–Trinajstić information content (AvgIpc) is 2.72. The van der Waals surface area contributed by atoms with Crippen LogP contribution in [0.4, 0.5) is 4.39 Å². The summed E-state index contributed by atoms with van der Waals surface area (Å²) in [6, 6.07) is 4.21. The van der Waals surface area contributed by atoms with Crippen molar-refractivity contribution >= 4 is 25.4 Å². The summed E-state index contributed by atoms with van der Waals surface area (Å²) < 4.78 is 26.2. The van der Waals surface area contributed by atoms with Crippen LogP contribution in [0.1, 0.15) is 50.5 Å². The van der Waals surface area contributed by atoms with Gasteiger partial charge in [-0.2, -0.15) is 0 Å². The van der Waals surface area contributed by atoms with E-state index in [-0.39, 0.29) is 18.0 Å². The lowest BCUT2D eigenvalue weighted by atomic mass is 9.77. The number of rotatable bonds is 5. The van der Waals surface area contributed by atoms with E-state index in [0.717, 1.165) is 0 Å². The number of carbonyl (C=O) groups excluding carboxylic acids is 2. The summed E-state index contributed by atoms with van der Waals surface area (Å²) in [4.78, 5) is 22.0. The number of aldehydes is 1. The van der Waals surface area contributed by atoms with Gasteiger partial charge in [-0.25, -0.2) is 4.39 Å². The van der Waals surface area contributed by atoms with Crippen LogP contribution >= 0.6 is 0 Å². The van der Waals surface area contributed by atoms with Crippen LogP contribution in [-0.4, -0.2) is 37.1 Å². The fourth-order valence-electron chi connectivity index (χ4n) is 2.36. The van der Waals surface area contributed by atoms with Gasteiger partial charge in [-0.15, -0.1) is 0 Å². The second-order valence-corrected chi connectivity index (χ2v) is 7.12. The molecule has 0 aromatic heterocycles. The molecule has 0 radical (unpaired) electrons. The third-order valence-electron chi connectivity index (χ3n) is 4.60. The molecule has 0 bridgehead atoms. The van der Waals surface area contributed by atoms with Crippen molar-refractivity contribution in [2.45, 2.75) is 45.8 Å². The minimum Gasteiger partial charge on any atom is -0.400 e. The molecule has 134 valence electrons. The summed E-state index contributed by atoms with van der Waals surface area (Å²) >= 11 is 0. The lowest BCUT2D eigenvalue weighted by molar-refractivity contribution is -0.118. The van der Waals surface area contributed by atoms with Crippen molar-refractivity contribution in [2.75, 3.05) is 6.54 Å². The molecule has 0 saturated carbocycles. The third kappa shape index (κ3) is 4.35. The predicted molar refractivity (Wildman–Crippen MR) is 94.5 cm³/mol. The molecule has 1 aromatic rings. The van der Waals surface area contributed by atoms with Crippen molar-refractivity contribution in [1.29, 1.82) is 0 Å². The highest BCUT2D eigenvalue weighted by atomic mass is 19.1. The summed E-state index contributed by atoms with van der Waals surface area (Å²) in [5, 5.41) is 2.69. The van der Waals surface area contributed by atoms with Crippen LogP contribution in [0, 0.1) is 5.82 Å². The van der Waals surface area contributed by atoms with Crippen LogP contribution in [0.5, 0.6) is 0 Å². The fraction of sp³-hybridized carbons (Fsp3) is 0.444. The highest BCUT2D eigenvalue weighted by molar-refractivity contribution is 6.56. The molecular formula is C18H23BFNO4. The van der Waals surface area contributed by atoms with Gasteiger partial charge >= 0.3 is 7.12 Å². The molecule has 5 nitrogen and oxygen atoms in total. The Hall–Kier alpha value is -1.99. The van der Waals surface area contributed by atoms with Crippen molar-refractivity contribution in [3.05, 3.63) is 40.6 Å². The topological polar surface area (TPSA) is 64.6 Å². The Morgan fingerprint density at radius 2 is 1.84 bits per heavy atom. The molecule has 0 spiro atoms. The number of nitrogens with one attached hydrogen (secondary N) is 1. The van der Waals surface area contributed by atoms with Gasteiger partial charge in [0.25, 0.3) is 0 Å². The van der Waals surface area contributed by atoms with Crippen molar-refractivity contribution in [3.8, 4) is 0 Å². The first-order valence-corrected chi connectivity index (χ1v) is 8.11. The van der Waals surface area contributed by atoms with Crippen LogP contribution < -0.4 is 5.32 Å². The third-order valence-corrected chi connectivity index (χ3v) is 4.60. The summed E-state index contributed by atoms with van der Waals surface area (Å²) in [5.74, 6) is -0.736. The van der Waals surface area contributed by atoms with Gasteiger partial charge in [0.05, 0.1) is 11.2 Å². The molecule has 1 aromatic carbocycles. The van der Waals surface area contributed by atoms with E-state index in [2.05, 4.69) is 5.32 Å². The zero-order valence-electron chi connectivity index (χ0n) is 15.2. The molecule has 7 heteroatoms. The molecule has 1 aliphatic heterocycles. The van der Waals surface area contributed by atoms with Gasteiger partial charge in [0.1, 0.15) is 12.1 Å². The number of amides is 1. The Labute approximate surface area is 147 Å². The zero-order valence-corrected chi connectivity index (χ0v) is 15.2. The smallest absolute Gasteiger partial charge is 0.400 e. The average molecular weight is 347 g/mol. The van der Waals surface area contributed by atoms with Gasteiger partial charge < -0.3 is 14.6 Å². The number of hydrogen-bond donors (Lipinski definition) is 1. The number of benzene rings is 1. The van der Waals surface area contributed by atoms with Gasteiger partial charge in [-0.1, -0.05) is 18.2 Å². The van der Waals surface area contributed by atoms with E-state index in [1.165, 1.54) is 25.1 Å². The normalized spacial score (nSPS) is 19.0. The molecule has 1 amide bonds. The van der Waals surface area contributed by atoms with E-state index in [9.17, 15) is 14.0 Å². The van der Waals surface area contributed by atoms with E-state index in [1.807, 2.05) is 27.7 Å². The zero-order chi connectivity index (χ0) is 18.8. The SMILES string of the molecule is CC(=O)NCC(=Cc1ccc(C=O)cc1F)B1OC(C)(C)C(C)(C)O1. The monoisotopic (exact) mass is 347 g/mol. The van der Waals surface area contributed by atoms with E-state index in [4.69, 9.17) is 9.31 Å². The van der Waals surface area contributed by atoms with E-state index < -0.39 is 24.1 Å². The summed E-state index contributed by atoms with van der Waals surface area (Å²) in [7, 11) is -0.706. The Morgan fingerprint density at radius 1 is 1.24 bits per heavy atom. The molecular weight excluding hydrogens is 324 g/mol. The van der Waals surface area contributed by atoms with E-state index >= 15 is 0 Å². The van der Waals surface area contributed by atoms with E-state index in [0.29, 0.717) is 17.3 Å². The Bertz CT molecular complexity index is 699. The molecule has 1 saturated heterocycles. The van der Waals surface area contributed by atoms with Crippen molar-refractivity contribution < 1.29 is 23.3 Å². The van der Waals surface area contributed by atoms with Gasteiger partial charge in [0, 0.05) is 24.6 Å². The molecule has 1 fully saturated rings. The molecule has 1 aliphatic rings. The quantitative estimate of drug-likeness (QED) is 0.657. The highest BCUT2D eigenvalue weighted by Crippen LogP contribution is 2.38. The Morgan fingerprint density at radius 3 is 2.32 bits per heavy atom. The first kappa shape index (κ1) is 19.3. The van der Waals surface area contributed by atoms with Gasteiger partial charge in [0.2, 0.25) is 5.91 Å². The maximum atomic E-state index is 14.2. The Balaban J connectivity index is 2.36. The van der Waals surface area contributed by atoms with Crippen molar-refractivity contribution in [3.63, 3.8) is 0 Å². The van der Waals surface area contributed by atoms with Gasteiger partial charge in [0.15, 0.2) is 0 Å². The molecule has 0 atom stereocenters. The second kappa shape index (κ2) is 7.10. The van der Waals surface area contributed by atoms with Crippen LogP contribution in [0.3, 0.4) is 0 Å². The maximum absolute atomic E-state index is 14.2.